The van der Waals surface area contributed by atoms with Gasteiger partial charge in [0.05, 0.1) is 22.8 Å². The van der Waals surface area contributed by atoms with Crippen molar-refractivity contribution in [3.8, 4) is 5.75 Å². The van der Waals surface area contributed by atoms with E-state index in [1.807, 2.05) is 37.3 Å². The van der Waals surface area contributed by atoms with Crippen molar-refractivity contribution < 1.29 is 14.5 Å². The Morgan fingerprint density at radius 2 is 2.06 bits per heavy atom. The van der Waals surface area contributed by atoms with Crippen molar-refractivity contribution in [3.63, 3.8) is 0 Å². The van der Waals surface area contributed by atoms with E-state index in [9.17, 15) is 14.9 Å². The SMILES string of the molecule is CCOc1cccc2sc(N(Cc3cccnc3)C(=O)/C=C/c3cccc([N+](=O)[O-])c3)nc12. The zero-order chi connectivity index (χ0) is 23.2. The summed E-state index contributed by atoms with van der Waals surface area (Å²) in [6.07, 6.45) is 6.32. The number of benzene rings is 2. The van der Waals surface area contributed by atoms with E-state index < -0.39 is 4.92 Å². The number of para-hydroxylation sites is 1. The van der Waals surface area contributed by atoms with Crippen molar-refractivity contribution in [1.82, 2.24) is 9.97 Å². The number of rotatable bonds is 8. The number of fused-ring (bicyclic) bond motifs is 1. The van der Waals surface area contributed by atoms with Crippen LogP contribution in [0.5, 0.6) is 5.75 Å². The molecule has 4 rings (SSSR count). The van der Waals surface area contributed by atoms with Crippen LogP contribution in [0.3, 0.4) is 0 Å². The van der Waals surface area contributed by atoms with E-state index in [1.165, 1.54) is 29.5 Å². The molecule has 0 bridgehead atoms. The van der Waals surface area contributed by atoms with Crippen molar-refractivity contribution in [1.29, 1.82) is 0 Å². The molecule has 166 valence electrons. The van der Waals surface area contributed by atoms with Gasteiger partial charge in [-0.2, -0.15) is 0 Å². The van der Waals surface area contributed by atoms with Gasteiger partial charge in [-0.05, 0) is 42.3 Å². The third-order valence-corrected chi connectivity index (χ3v) is 5.77. The van der Waals surface area contributed by atoms with Gasteiger partial charge >= 0.3 is 0 Å². The summed E-state index contributed by atoms with van der Waals surface area (Å²) in [7, 11) is 0. The Morgan fingerprint density at radius 1 is 1.21 bits per heavy atom. The van der Waals surface area contributed by atoms with E-state index in [1.54, 1.807) is 35.5 Å². The molecule has 9 heteroatoms. The van der Waals surface area contributed by atoms with E-state index >= 15 is 0 Å². The third kappa shape index (κ3) is 5.21. The Balaban J connectivity index is 1.68. The first-order chi connectivity index (χ1) is 16.0. The normalized spacial score (nSPS) is 11.1. The number of nitrogens with zero attached hydrogens (tertiary/aromatic N) is 4. The number of thiazole rings is 1. The average Bonchev–Trinajstić information content (AvgIpc) is 3.27. The maximum absolute atomic E-state index is 13.2. The fourth-order valence-electron chi connectivity index (χ4n) is 3.21. The number of anilines is 1. The molecule has 2 aromatic carbocycles. The maximum atomic E-state index is 13.2. The van der Waals surface area contributed by atoms with Crippen molar-refractivity contribution >= 4 is 44.4 Å². The molecule has 2 heterocycles. The summed E-state index contributed by atoms with van der Waals surface area (Å²) in [4.78, 5) is 34.2. The summed E-state index contributed by atoms with van der Waals surface area (Å²) >= 11 is 1.39. The fourth-order valence-corrected chi connectivity index (χ4v) is 4.20. The number of nitro benzene ring substituents is 1. The summed E-state index contributed by atoms with van der Waals surface area (Å²) in [6, 6.07) is 15.5. The third-order valence-electron chi connectivity index (χ3n) is 4.73. The molecule has 8 nitrogen and oxygen atoms in total. The first-order valence-electron chi connectivity index (χ1n) is 10.2. The summed E-state index contributed by atoms with van der Waals surface area (Å²) < 4.78 is 6.59. The van der Waals surface area contributed by atoms with Crippen LogP contribution in [0.1, 0.15) is 18.1 Å². The molecule has 0 saturated heterocycles. The van der Waals surface area contributed by atoms with Crippen LogP contribution in [0.25, 0.3) is 16.3 Å². The second-order valence-electron chi connectivity index (χ2n) is 7.00. The van der Waals surface area contributed by atoms with Crippen LogP contribution < -0.4 is 9.64 Å². The van der Waals surface area contributed by atoms with Crippen LogP contribution in [0.4, 0.5) is 10.8 Å². The highest BCUT2D eigenvalue weighted by Gasteiger charge is 2.20. The first kappa shape index (κ1) is 22.1. The van der Waals surface area contributed by atoms with Gasteiger partial charge in [-0.15, -0.1) is 0 Å². The molecule has 0 atom stereocenters. The lowest BCUT2D eigenvalue weighted by Crippen LogP contribution is -2.28. The van der Waals surface area contributed by atoms with Gasteiger partial charge in [0.15, 0.2) is 5.13 Å². The highest BCUT2D eigenvalue weighted by atomic mass is 32.1. The Kier molecular flexibility index (Phi) is 6.70. The lowest BCUT2D eigenvalue weighted by atomic mass is 10.2. The molecular formula is C24H20N4O4S. The molecule has 0 aliphatic carbocycles. The quantitative estimate of drug-likeness (QED) is 0.202. The van der Waals surface area contributed by atoms with E-state index in [2.05, 4.69) is 4.98 Å². The zero-order valence-electron chi connectivity index (χ0n) is 17.7. The van der Waals surface area contributed by atoms with Gasteiger partial charge in [-0.3, -0.25) is 24.8 Å². The molecular weight excluding hydrogens is 440 g/mol. The predicted molar refractivity (Wildman–Crippen MR) is 128 cm³/mol. The van der Waals surface area contributed by atoms with Crippen molar-refractivity contribution in [2.24, 2.45) is 0 Å². The highest BCUT2D eigenvalue weighted by Crippen LogP contribution is 2.35. The molecule has 2 aromatic heterocycles. The first-order valence-corrected chi connectivity index (χ1v) is 11.0. The number of hydrogen-bond donors (Lipinski definition) is 0. The van der Waals surface area contributed by atoms with Gasteiger partial charge in [-0.1, -0.05) is 35.6 Å². The van der Waals surface area contributed by atoms with E-state index in [0.717, 1.165) is 10.3 Å². The van der Waals surface area contributed by atoms with E-state index in [4.69, 9.17) is 9.72 Å². The number of amides is 1. The number of carbonyl (C=O) groups is 1. The Morgan fingerprint density at radius 3 is 2.82 bits per heavy atom. The minimum Gasteiger partial charge on any atom is -0.492 e. The van der Waals surface area contributed by atoms with Gasteiger partial charge in [0.25, 0.3) is 11.6 Å². The molecule has 0 spiro atoms. The molecule has 4 aromatic rings. The van der Waals surface area contributed by atoms with Crippen molar-refractivity contribution in [3.05, 3.63) is 94.3 Å². The largest absolute Gasteiger partial charge is 0.492 e. The second kappa shape index (κ2) is 10.0. The summed E-state index contributed by atoms with van der Waals surface area (Å²) in [5.41, 5.74) is 2.07. The second-order valence-corrected chi connectivity index (χ2v) is 8.01. The molecule has 0 unspecified atom stereocenters. The Bertz CT molecular complexity index is 1320. The standard InChI is InChI=1S/C24H20N4O4S/c1-2-32-20-9-4-10-21-23(20)26-24(33-21)27(16-18-7-5-13-25-15-18)22(29)12-11-17-6-3-8-19(14-17)28(30)31/h3-15H,2,16H2,1H3/b12-11+. The minimum atomic E-state index is -0.467. The Labute approximate surface area is 193 Å². The minimum absolute atomic E-state index is 0.0357. The topological polar surface area (TPSA) is 98.5 Å². The zero-order valence-corrected chi connectivity index (χ0v) is 18.6. The summed E-state index contributed by atoms with van der Waals surface area (Å²) in [5, 5.41) is 11.6. The number of pyridine rings is 1. The van der Waals surface area contributed by atoms with Crippen LogP contribution in [0.2, 0.25) is 0 Å². The predicted octanol–water partition coefficient (Wildman–Crippen LogP) is 5.24. The lowest BCUT2D eigenvalue weighted by Gasteiger charge is -2.18. The smallest absolute Gasteiger partial charge is 0.270 e. The number of nitro groups is 1. The molecule has 0 fully saturated rings. The number of hydrogen-bond acceptors (Lipinski definition) is 7. The van der Waals surface area contributed by atoms with Crippen LogP contribution in [0.15, 0.2) is 73.1 Å². The fraction of sp³-hybridized carbons (Fsp3) is 0.125. The molecule has 0 radical (unpaired) electrons. The number of ether oxygens (including phenoxy) is 1. The maximum Gasteiger partial charge on any atom is 0.270 e. The van der Waals surface area contributed by atoms with Crippen LogP contribution >= 0.6 is 11.3 Å². The van der Waals surface area contributed by atoms with Crippen molar-refractivity contribution in [2.75, 3.05) is 11.5 Å². The monoisotopic (exact) mass is 460 g/mol. The van der Waals surface area contributed by atoms with Crippen LogP contribution in [0, 0.1) is 10.1 Å². The average molecular weight is 461 g/mol. The lowest BCUT2D eigenvalue weighted by molar-refractivity contribution is -0.384. The molecule has 33 heavy (non-hydrogen) atoms. The highest BCUT2D eigenvalue weighted by molar-refractivity contribution is 7.22. The van der Waals surface area contributed by atoms with Gasteiger partial charge in [0, 0.05) is 30.6 Å². The summed E-state index contributed by atoms with van der Waals surface area (Å²) in [5.74, 6) is 0.362. The summed E-state index contributed by atoms with van der Waals surface area (Å²) in [6.45, 7) is 2.69. The van der Waals surface area contributed by atoms with Gasteiger partial charge < -0.3 is 4.74 Å². The van der Waals surface area contributed by atoms with Crippen LogP contribution in [-0.2, 0) is 11.3 Å². The van der Waals surface area contributed by atoms with Gasteiger partial charge in [-0.25, -0.2) is 4.98 Å². The number of aromatic nitrogens is 2. The molecule has 0 aliphatic rings. The molecule has 1 amide bonds. The number of carbonyl (C=O) groups excluding carboxylic acids is 1. The molecule has 0 N–H and O–H groups in total. The van der Waals surface area contributed by atoms with E-state index in [-0.39, 0.29) is 18.1 Å². The van der Waals surface area contributed by atoms with Crippen molar-refractivity contribution in [2.45, 2.75) is 13.5 Å². The molecule has 0 aliphatic heterocycles. The number of non-ortho nitro benzene ring substituents is 1. The van der Waals surface area contributed by atoms with Gasteiger partial charge in [0.1, 0.15) is 11.3 Å². The van der Waals surface area contributed by atoms with Gasteiger partial charge in [0.2, 0.25) is 0 Å². The Hall–Kier alpha value is -4.11. The molecule has 0 saturated carbocycles. The van der Waals surface area contributed by atoms with Crippen LogP contribution in [-0.4, -0.2) is 27.4 Å². The van der Waals surface area contributed by atoms with E-state index in [0.29, 0.717) is 28.6 Å².